The molecule has 0 bridgehead atoms. The number of rotatable bonds is 5. The normalized spacial score (nSPS) is 16.7. The Bertz CT molecular complexity index is 685. The molecule has 1 aromatic rings. The molecule has 136 valence electrons. The maximum Gasteiger partial charge on any atom is 0.340 e. The average molecular weight is 366 g/mol. The molecular weight excluding hydrogens is 344 g/mol. The van der Waals surface area contributed by atoms with Gasteiger partial charge in [-0.2, -0.15) is 0 Å². The Morgan fingerprint density at radius 3 is 2.48 bits per heavy atom. The van der Waals surface area contributed by atoms with Gasteiger partial charge in [0.05, 0.1) is 21.3 Å². The summed E-state index contributed by atoms with van der Waals surface area (Å²) in [6.07, 6.45) is 4.22. The topological polar surface area (TPSA) is 102 Å². The van der Waals surface area contributed by atoms with E-state index in [-0.39, 0.29) is 11.6 Å². The zero-order valence-electron chi connectivity index (χ0n) is 14.2. The van der Waals surface area contributed by atoms with Crippen LogP contribution in [0.3, 0.4) is 0 Å². The van der Waals surface area contributed by atoms with Crippen molar-refractivity contribution >= 4 is 28.7 Å². The number of hydrogen-bond acceptors (Lipinski definition) is 5. The van der Waals surface area contributed by atoms with Crippen LogP contribution in [0.2, 0.25) is 0 Å². The van der Waals surface area contributed by atoms with E-state index in [1.165, 1.54) is 19.2 Å². The van der Waals surface area contributed by atoms with Crippen molar-refractivity contribution in [3.63, 3.8) is 0 Å². The largest absolute Gasteiger partial charge is 0.449 e. The predicted octanol–water partition coefficient (Wildman–Crippen LogP) is 1.74. The van der Waals surface area contributed by atoms with Crippen LogP contribution < -0.4 is 10.6 Å². The zero-order chi connectivity index (χ0) is 18.4. The molecule has 0 radical (unpaired) electrons. The fraction of sp³-hybridized carbons (Fsp3) is 0.471. The zero-order valence-corrected chi connectivity index (χ0v) is 15.1. The van der Waals surface area contributed by atoms with Gasteiger partial charge in [0.1, 0.15) is 0 Å². The van der Waals surface area contributed by atoms with Crippen LogP contribution in [-0.2, 0) is 20.3 Å². The molecule has 0 unspecified atom stereocenters. The van der Waals surface area contributed by atoms with Gasteiger partial charge in [-0.3, -0.25) is 14.3 Å². The second-order valence-corrected chi connectivity index (χ2v) is 7.29. The van der Waals surface area contributed by atoms with E-state index in [9.17, 15) is 18.6 Å². The van der Waals surface area contributed by atoms with E-state index in [1.54, 1.807) is 18.2 Å². The van der Waals surface area contributed by atoms with Gasteiger partial charge in [-0.25, -0.2) is 9.59 Å². The van der Waals surface area contributed by atoms with Gasteiger partial charge in [-0.1, -0.05) is 25.0 Å². The molecular formula is C17H22N2O5S. The summed E-state index contributed by atoms with van der Waals surface area (Å²) in [6, 6.07) is 5.82. The summed E-state index contributed by atoms with van der Waals surface area (Å²) in [4.78, 5) is 36.3. The minimum absolute atomic E-state index is 0.0806. The number of amides is 3. The Morgan fingerprint density at radius 2 is 1.84 bits per heavy atom. The fourth-order valence-electron chi connectivity index (χ4n) is 2.67. The third-order valence-electron chi connectivity index (χ3n) is 4.00. The molecule has 1 aliphatic rings. The Kier molecular flexibility index (Phi) is 6.69. The number of esters is 1. The Hall–Kier alpha value is -2.22. The highest BCUT2D eigenvalue weighted by molar-refractivity contribution is 7.84. The van der Waals surface area contributed by atoms with E-state index in [4.69, 9.17) is 4.74 Å². The van der Waals surface area contributed by atoms with Gasteiger partial charge in [-0.05, 0) is 31.9 Å². The van der Waals surface area contributed by atoms with Crippen molar-refractivity contribution in [1.82, 2.24) is 10.6 Å². The predicted molar refractivity (Wildman–Crippen MR) is 92.6 cm³/mol. The molecule has 25 heavy (non-hydrogen) atoms. The highest BCUT2D eigenvalue weighted by atomic mass is 32.2. The molecule has 2 rings (SSSR count). The first kappa shape index (κ1) is 19.1. The number of urea groups is 1. The van der Waals surface area contributed by atoms with Crippen molar-refractivity contribution in [2.75, 3.05) is 6.26 Å². The molecule has 0 saturated heterocycles. The maximum absolute atomic E-state index is 12.2. The first-order valence-electron chi connectivity index (χ1n) is 8.13. The fourth-order valence-corrected chi connectivity index (χ4v) is 3.40. The number of imide groups is 1. The summed E-state index contributed by atoms with van der Waals surface area (Å²) in [5.41, 5.74) is 0.137. The van der Waals surface area contributed by atoms with Crippen molar-refractivity contribution in [3.8, 4) is 0 Å². The van der Waals surface area contributed by atoms with Gasteiger partial charge in [0.2, 0.25) is 0 Å². The van der Waals surface area contributed by atoms with Crippen LogP contribution in [0.5, 0.6) is 0 Å². The van der Waals surface area contributed by atoms with Crippen molar-refractivity contribution in [1.29, 1.82) is 0 Å². The summed E-state index contributed by atoms with van der Waals surface area (Å²) in [5.74, 6) is -1.47. The molecule has 3 amide bonds. The number of benzene rings is 1. The molecule has 0 spiro atoms. The monoisotopic (exact) mass is 366 g/mol. The van der Waals surface area contributed by atoms with Gasteiger partial charge in [0.15, 0.2) is 6.10 Å². The summed E-state index contributed by atoms with van der Waals surface area (Å²) in [6.45, 7) is 1.38. The van der Waals surface area contributed by atoms with Crippen LogP contribution in [0.1, 0.15) is 43.0 Å². The molecule has 2 atom stereocenters. The highest BCUT2D eigenvalue weighted by Gasteiger charge is 2.24. The smallest absolute Gasteiger partial charge is 0.340 e. The van der Waals surface area contributed by atoms with Crippen molar-refractivity contribution < 1.29 is 23.3 Å². The van der Waals surface area contributed by atoms with E-state index in [1.807, 2.05) is 0 Å². The Balaban J connectivity index is 1.91. The molecule has 8 heteroatoms. The molecule has 1 saturated carbocycles. The van der Waals surface area contributed by atoms with E-state index in [0.717, 1.165) is 25.7 Å². The summed E-state index contributed by atoms with van der Waals surface area (Å²) in [7, 11) is -1.36. The molecule has 0 aromatic heterocycles. The van der Waals surface area contributed by atoms with E-state index in [2.05, 4.69) is 10.6 Å². The van der Waals surface area contributed by atoms with Gasteiger partial charge < -0.3 is 10.1 Å². The number of ether oxygens (including phenoxy) is 1. The van der Waals surface area contributed by atoms with Gasteiger partial charge >= 0.3 is 12.0 Å². The third-order valence-corrected chi connectivity index (χ3v) is 4.97. The Labute approximate surface area is 149 Å². The van der Waals surface area contributed by atoms with Gasteiger partial charge in [0, 0.05) is 12.3 Å². The molecule has 7 nitrogen and oxygen atoms in total. The quantitative estimate of drug-likeness (QED) is 0.773. The average Bonchev–Trinajstić information content (AvgIpc) is 3.07. The SMILES string of the molecule is C[C@H](OC(=O)c1ccccc1[S@@](C)=O)C(=O)NC(=O)NC1CCCC1. The summed E-state index contributed by atoms with van der Waals surface area (Å²) >= 11 is 0. The number of carbonyl (C=O) groups is 3. The minimum atomic E-state index is -1.36. The summed E-state index contributed by atoms with van der Waals surface area (Å²) in [5, 5.41) is 4.90. The maximum atomic E-state index is 12.2. The highest BCUT2D eigenvalue weighted by Crippen LogP contribution is 2.17. The van der Waals surface area contributed by atoms with Gasteiger partial charge in [0.25, 0.3) is 5.91 Å². The molecule has 0 aliphatic heterocycles. The summed E-state index contributed by atoms with van der Waals surface area (Å²) < 4.78 is 16.8. The Morgan fingerprint density at radius 1 is 1.20 bits per heavy atom. The minimum Gasteiger partial charge on any atom is -0.449 e. The number of hydrogen-bond donors (Lipinski definition) is 2. The molecule has 1 aliphatic carbocycles. The van der Waals surface area contributed by atoms with E-state index >= 15 is 0 Å². The first-order valence-corrected chi connectivity index (χ1v) is 9.69. The van der Waals surface area contributed by atoms with Crippen LogP contribution in [0, 0.1) is 0 Å². The second kappa shape index (κ2) is 8.75. The number of nitrogens with one attached hydrogen (secondary N) is 2. The van der Waals surface area contributed by atoms with Crippen molar-refractivity contribution in [2.45, 2.75) is 49.6 Å². The van der Waals surface area contributed by atoms with Crippen molar-refractivity contribution in [3.05, 3.63) is 29.8 Å². The van der Waals surface area contributed by atoms with E-state index < -0.39 is 34.8 Å². The van der Waals surface area contributed by atoms with Crippen LogP contribution in [0.4, 0.5) is 4.79 Å². The standard InChI is InChI=1S/C17H22N2O5S/c1-11(15(20)19-17(22)18-12-7-3-4-8-12)24-16(21)13-9-5-6-10-14(13)25(2)23/h5-6,9-12H,3-4,7-8H2,1-2H3,(H2,18,19,20,22)/t11-,25+/m0/s1. The van der Waals surface area contributed by atoms with Crippen molar-refractivity contribution in [2.24, 2.45) is 0 Å². The van der Waals surface area contributed by atoms with Crippen LogP contribution in [0.15, 0.2) is 29.2 Å². The van der Waals surface area contributed by atoms with Crippen LogP contribution in [0.25, 0.3) is 0 Å². The molecule has 1 fully saturated rings. The lowest BCUT2D eigenvalue weighted by molar-refractivity contribution is -0.127. The molecule has 1 aromatic carbocycles. The third kappa shape index (κ3) is 5.38. The number of carbonyl (C=O) groups excluding carboxylic acids is 3. The van der Waals surface area contributed by atoms with Gasteiger partial charge in [-0.15, -0.1) is 0 Å². The van der Waals surface area contributed by atoms with Crippen LogP contribution in [-0.4, -0.2) is 40.5 Å². The van der Waals surface area contributed by atoms with Crippen LogP contribution >= 0.6 is 0 Å². The lowest BCUT2D eigenvalue weighted by Gasteiger charge is -2.16. The second-order valence-electron chi connectivity index (χ2n) is 5.94. The molecule has 2 N–H and O–H groups in total. The lowest BCUT2D eigenvalue weighted by Crippen LogP contribution is -2.47. The lowest BCUT2D eigenvalue weighted by atomic mass is 10.2. The van der Waals surface area contributed by atoms with E-state index in [0.29, 0.717) is 4.90 Å². The first-order chi connectivity index (χ1) is 11.9. The molecule has 0 heterocycles.